The van der Waals surface area contributed by atoms with Crippen molar-refractivity contribution in [3.63, 3.8) is 0 Å². The molecule has 1 aliphatic rings. The van der Waals surface area contributed by atoms with E-state index in [0.717, 1.165) is 24.6 Å². The Kier molecular flexibility index (Phi) is 1.16. The lowest BCUT2D eigenvalue weighted by Gasteiger charge is -2.16. The summed E-state index contributed by atoms with van der Waals surface area (Å²) in [5, 5.41) is 6.32. The molecule has 2 N–H and O–H groups in total. The Morgan fingerprint density at radius 2 is 2.20 bits per heavy atom. The highest BCUT2D eigenvalue weighted by Gasteiger charge is 2.06. The van der Waals surface area contributed by atoms with Gasteiger partial charge in [-0.3, -0.25) is 0 Å². The van der Waals surface area contributed by atoms with Gasteiger partial charge in [-0.15, -0.1) is 0 Å². The van der Waals surface area contributed by atoms with E-state index in [-0.39, 0.29) is 0 Å². The largest absolute Gasteiger partial charge is 0.379 e. The van der Waals surface area contributed by atoms with E-state index in [4.69, 9.17) is 0 Å². The topological polar surface area (TPSA) is 49.8 Å². The fourth-order valence-electron chi connectivity index (χ4n) is 0.978. The van der Waals surface area contributed by atoms with Crippen LogP contribution in [0.1, 0.15) is 0 Å². The molecule has 0 fully saturated rings. The first-order valence-electron chi connectivity index (χ1n) is 3.24. The van der Waals surface area contributed by atoms with E-state index in [2.05, 4.69) is 20.6 Å². The van der Waals surface area contributed by atoms with E-state index >= 15 is 0 Å². The van der Waals surface area contributed by atoms with Crippen molar-refractivity contribution < 1.29 is 0 Å². The number of nitrogens with one attached hydrogen (secondary N) is 2. The standard InChI is InChI=1S/C6H8N4/c1-2-9-6-5(8-1)3-7-4-10-6/h3-4,8H,1-2H2,(H,7,9,10). The molecule has 2 rings (SSSR count). The molecule has 0 aliphatic carbocycles. The second kappa shape index (κ2) is 2.13. The van der Waals surface area contributed by atoms with E-state index in [0.29, 0.717) is 0 Å². The van der Waals surface area contributed by atoms with Crippen molar-refractivity contribution in [2.75, 3.05) is 23.7 Å². The zero-order valence-electron chi connectivity index (χ0n) is 5.46. The lowest BCUT2D eigenvalue weighted by atomic mass is 10.4. The zero-order valence-corrected chi connectivity index (χ0v) is 5.46. The van der Waals surface area contributed by atoms with Crippen LogP contribution in [0.2, 0.25) is 0 Å². The number of hydrogen-bond acceptors (Lipinski definition) is 4. The van der Waals surface area contributed by atoms with Gasteiger partial charge in [-0.2, -0.15) is 0 Å². The number of nitrogens with zero attached hydrogens (tertiary/aromatic N) is 2. The van der Waals surface area contributed by atoms with Gasteiger partial charge in [-0.25, -0.2) is 9.97 Å². The number of fused-ring (bicyclic) bond motifs is 1. The Bertz CT molecular complexity index is 210. The summed E-state index contributed by atoms with van der Waals surface area (Å²) >= 11 is 0. The second-order valence-electron chi connectivity index (χ2n) is 2.14. The molecule has 4 heteroatoms. The van der Waals surface area contributed by atoms with Crippen LogP contribution >= 0.6 is 0 Å². The molecule has 0 amide bonds. The summed E-state index contributed by atoms with van der Waals surface area (Å²) < 4.78 is 0. The molecule has 1 aromatic rings. The maximum Gasteiger partial charge on any atom is 0.152 e. The molecule has 0 saturated carbocycles. The van der Waals surface area contributed by atoms with Crippen LogP contribution in [-0.2, 0) is 0 Å². The molecule has 0 spiro atoms. The van der Waals surface area contributed by atoms with Gasteiger partial charge < -0.3 is 10.6 Å². The summed E-state index contributed by atoms with van der Waals surface area (Å²) in [5.74, 6) is 0.904. The van der Waals surface area contributed by atoms with E-state index in [1.54, 1.807) is 12.5 Å². The average Bonchev–Trinajstić information content (AvgIpc) is 2.05. The maximum atomic E-state index is 4.03. The van der Waals surface area contributed by atoms with E-state index in [1.807, 2.05) is 0 Å². The predicted molar refractivity (Wildman–Crippen MR) is 39.0 cm³/mol. The fraction of sp³-hybridized carbons (Fsp3) is 0.333. The monoisotopic (exact) mass is 136 g/mol. The van der Waals surface area contributed by atoms with Crippen molar-refractivity contribution in [1.29, 1.82) is 0 Å². The molecule has 1 aromatic heterocycles. The molecule has 4 nitrogen and oxygen atoms in total. The van der Waals surface area contributed by atoms with Crippen LogP contribution in [-0.4, -0.2) is 23.1 Å². The van der Waals surface area contributed by atoms with Gasteiger partial charge in [0, 0.05) is 13.1 Å². The maximum absolute atomic E-state index is 4.03. The first kappa shape index (κ1) is 5.46. The first-order chi connectivity index (χ1) is 4.97. The van der Waals surface area contributed by atoms with E-state index < -0.39 is 0 Å². The van der Waals surface area contributed by atoms with Crippen LogP contribution < -0.4 is 10.6 Å². The van der Waals surface area contributed by atoms with E-state index in [9.17, 15) is 0 Å². The predicted octanol–water partition coefficient (Wildman–Crippen LogP) is 0.314. The fourth-order valence-corrected chi connectivity index (χ4v) is 0.978. The van der Waals surface area contributed by atoms with Crippen LogP contribution in [0.15, 0.2) is 12.5 Å². The summed E-state index contributed by atoms with van der Waals surface area (Å²) in [4.78, 5) is 7.92. The highest BCUT2D eigenvalue weighted by atomic mass is 15.1. The van der Waals surface area contributed by atoms with Crippen molar-refractivity contribution in [3.8, 4) is 0 Å². The Morgan fingerprint density at radius 1 is 1.30 bits per heavy atom. The molecule has 0 bridgehead atoms. The zero-order chi connectivity index (χ0) is 6.81. The molecule has 0 radical (unpaired) electrons. The van der Waals surface area contributed by atoms with Crippen molar-refractivity contribution >= 4 is 11.5 Å². The Hall–Kier alpha value is -1.32. The number of aromatic nitrogens is 2. The summed E-state index contributed by atoms with van der Waals surface area (Å²) in [6, 6.07) is 0. The molecule has 10 heavy (non-hydrogen) atoms. The minimum Gasteiger partial charge on any atom is -0.379 e. The van der Waals surface area contributed by atoms with Gasteiger partial charge in [-0.1, -0.05) is 0 Å². The lowest BCUT2D eigenvalue weighted by Crippen LogP contribution is -2.21. The van der Waals surface area contributed by atoms with Gasteiger partial charge in [0.1, 0.15) is 6.33 Å². The highest BCUT2D eigenvalue weighted by molar-refractivity contribution is 5.64. The molecule has 0 aromatic carbocycles. The third-order valence-electron chi connectivity index (χ3n) is 1.45. The molecule has 2 heterocycles. The average molecular weight is 136 g/mol. The Morgan fingerprint density at radius 3 is 3.10 bits per heavy atom. The minimum atomic E-state index is 0.904. The number of rotatable bonds is 0. The van der Waals surface area contributed by atoms with Crippen LogP contribution in [0.25, 0.3) is 0 Å². The quantitative estimate of drug-likeness (QED) is 0.539. The van der Waals surface area contributed by atoms with Crippen LogP contribution in [0.5, 0.6) is 0 Å². The first-order valence-corrected chi connectivity index (χ1v) is 3.24. The molecule has 52 valence electrons. The second-order valence-corrected chi connectivity index (χ2v) is 2.14. The Labute approximate surface area is 58.7 Å². The van der Waals surface area contributed by atoms with Crippen molar-refractivity contribution in [2.24, 2.45) is 0 Å². The summed E-state index contributed by atoms with van der Waals surface area (Å²) in [6.45, 7) is 1.88. The minimum absolute atomic E-state index is 0.904. The molecule has 0 atom stereocenters. The van der Waals surface area contributed by atoms with Gasteiger partial charge >= 0.3 is 0 Å². The normalized spacial score (nSPS) is 14.8. The van der Waals surface area contributed by atoms with Crippen LogP contribution in [0.4, 0.5) is 11.5 Å². The van der Waals surface area contributed by atoms with Crippen LogP contribution in [0.3, 0.4) is 0 Å². The van der Waals surface area contributed by atoms with Gasteiger partial charge in [0.15, 0.2) is 5.82 Å². The summed E-state index contributed by atoms with van der Waals surface area (Å²) in [6.07, 6.45) is 3.31. The van der Waals surface area contributed by atoms with Crippen LogP contribution in [0, 0.1) is 0 Å². The lowest BCUT2D eigenvalue weighted by molar-refractivity contribution is 0.999. The van der Waals surface area contributed by atoms with Crippen molar-refractivity contribution in [2.45, 2.75) is 0 Å². The highest BCUT2D eigenvalue weighted by Crippen LogP contribution is 2.17. The SMILES string of the molecule is c1ncc2c(n1)NCCN2. The number of anilines is 2. The summed E-state index contributed by atoms with van der Waals surface area (Å²) in [5.41, 5.74) is 0.994. The smallest absolute Gasteiger partial charge is 0.152 e. The van der Waals surface area contributed by atoms with Gasteiger partial charge in [-0.05, 0) is 0 Å². The van der Waals surface area contributed by atoms with E-state index in [1.165, 1.54) is 0 Å². The Balaban J connectivity index is 2.41. The number of hydrogen-bond donors (Lipinski definition) is 2. The molecule has 0 saturated heterocycles. The molecular weight excluding hydrogens is 128 g/mol. The van der Waals surface area contributed by atoms with Crippen molar-refractivity contribution in [1.82, 2.24) is 9.97 Å². The molecule has 1 aliphatic heterocycles. The van der Waals surface area contributed by atoms with Crippen molar-refractivity contribution in [3.05, 3.63) is 12.5 Å². The van der Waals surface area contributed by atoms with Gasteiger partial charge in [0.05, 0.1) is 11.9 Å². The summed E-state index contributed by atoms with van der Waals surface area (Å²) in [7, 11) is 0. The van der Waals surface area contributed by atoms with Gasteiger partial charge in [0.25, 0.3) is 0 Å². The molecule has 0 unspecified atom stereocenters. The van der Waals surface area contributed by atoms with Gasteiger partial charge in [0.2, 0.25) is 0 Å². The third kappa shape index (κ3) is 0.775. The third-order valence-corrected chi connectivity index (χ3v) is 1.45. The molecular formula is C6H8N4.